The fourth-order valence-electron chi connectivity index (χ4n) is 2.77. The first-order chi connectivity index (χ1) is 13.3. The minimum Gasteiger partial charge on any atom is -0.497 e. The van der Waals surface area contributed by atoms with Crippen molar-refractivity contribution in [3.05, 3.63) is 63.2 Å². The standard InChI is InChI=1S/C19H20N2O7/c1-11-8-12(21(25)26)4-6-14(11)19(24)20-16(10-18(22)23)15-7-5-13(27-2)9-17(15)28-3/h4-9,16H,10H2,1-3H3,(H,20,24)(H,22,23). The van der Waals surface area contributed by atoms with Crippen LogP contribution in [0.1, 0.15) is 33.9 Å². The van der Waals surface area contributed by atoms with Crippen LogP contribution in [0.3, 0.4) is 0 Å². The number of ether oxygens (including phenoxy) is 2. The zero-order valence-electron chi connectivity index (χ0n) is 15.6. The number of nitro benzene ring substituents is 1. The van der Waals surface area contributed by atoms with Gasteiger partial charge in [0.05, 0.1) is 31.6 Å². The Morgan fingerprint density at radius 3 is 2.43 bits per heavy atom. The SMILES string of the molecule is COc1ccc(C(CC(=O)O)NC(=O)c2ccc([N+](=O)[O-])cc2C)c(OC)c1. The molecule has 0 heterocycles. The number of carboxylic acids is 1. The van der Waals surface area contributed by atoms with Crippen LogP contribution in [0.4, 0.5) is 5.69 Å². The number of hydrogen-bond donors (Lipinski definition) is 2. The Bertz CT molecular complexity index is 911. The number of nitro groups is 1. The largest absolute Gasteiger partial charge is 0.497 e. The average molecular weight is 388 g/mol. The Kier molecular flexibility index (Phi) is 6.54. The van der Waals surface area contributed by atoms with Crippen LogP contribution in [0.2, 0.25) is 0 Å². The van der Waals surface area contributed by atoms with Crippen molar-refractivity contribution in [2.24, 2.45) is 0 Å². The summed E-state index contributed by atoms with van der Waals surface area (Å²) in [4.78, 5) is 34.3. The van der Waals surface area contributed by atoms with Crippen LogP contribution in [0.5, 0.6) is 11.5 Å². The van der Waals surface area contributed by atoms with Crippen molar-refractivity contribution in [3.8, 4) is 11.5 Å². The number of amides is 1. The molecule has 2 N–H and O–H groups in total. The highest BCUT2D eigenvalue weighted by Gasteiger charge is 2.24. The van der Waals surface area contributed by atoms with E-state index >= 15 is 0 Å². The normalized spacial score (nSPS) is 11.4. The second-order valence-electron chi connectivity index (χ2n) is 5.99. The van der Waals surface area contributed by atoms with Crippen LogP contribution < -0.4 is 14.8 Å². The highest BCUT2D eigenvalue weighted by atomic mass is 16.6. The molecule has 1 atom stereocenters. The lowest BCUT2D eigenvalue weighted by Gasteiger charge is -2.21. The molecule has 0 radical (unpaired) electrons. The third kappa shape index (κ3) is 4.76. The number of rotatable bonds is 8. The van der Waals surface area contributed by atoms with E-state index in [2.05, 4.69) is 5.32 Å². The maximum atomic E-state index is 12.7. The third-order valence-electron chi connectivity index (χ3n) is 4.17. The summed E-state index contributed by atoms with van der Waals surface area (Å²) in [6.07, 6.45) is -0.375. The van der Waals surface area contributed by atoms with Crippen LogP contribution in [0, 0.1) is 17.0 Å². The first-order valence-electron chi connectivity index (χ1n) is 8.26. The molecule has 9 nitrogen and oxygen atoms in total. The van der Waals surface area contributed by atoms with Gasteiger partial charge in [-0.1, -0.05) is 0 Å². The van der Waals surface area contributed by atoms with Crippen molar-refractivity contribution in [3.63, 3.8) is 0 Å². The lowest BCUT2D eigenvalue weighted by Crippen LogP contribution is -2.31. The van der Waals surface area contributed by atoms with Gasteiger partial charge >= 0.3 is 5.97 Å². The minimum atomic E-state index is -1.11. The lowest BCUT2D eigenvalue weighted by atomic mass is 10.0. The van der Waals surface area contributed by atoms with E-state index in [1.807, 2.05) is 0 Å². The average Bonchev–Trinajstić information content (AvgIpc) is 2.66. The molecule has 0 bridgehead atoms. The topological polar surface area (TPSA) is 128 Å². The number of carbonyl (C=O) groups is 2. The zero-order valence-corrected chi connectivity index (χ0v) is 15.6. The number of nitrogens with zero attached hydrogens (tertiary/aromatic N) is 1. The first kappa shape index (κ1) is 20.7. The van der Waals surface area contributed by atoms with Crippen molar-refractivity contribution >= 4 is 17.6 Å². The molecular weight excluding hydrogens is 368 g/mol. The number of nitrogens with one attached hydrogen (secondary N) is 1. The van der Waals surface area contributed by atoms with E-state index in [0.717, 1.165) is 0 Å². The summed E-state index contributed by atoms with van der Waals surface area (Å²) in [6.45, 7) is 1.57. The summed E-state index contributed by atoms with van der Waals surface area (Å²) in [5.41, 5.74) is 0.961. The van der Waals surface area contributed by atoms with E-state index in [1.54, 1.807) is 25.1 Å². The predicted octanol–water partition coefficient (Wildman–Crippen LogP) is 2.87. The van der Waals surface area contributed by atoms with Crippen molar-refractivity contribution in [1.29, 1.82) is 0 Å². The highest BCUT2D eigenvalue weighted by Crippen LogP contribution is 2.31. The molecule has 0 aromatic heterocycles. The van der Waals surface area contributed by atoms with Gasteiger partial charge < -0.3 is 19.9 Å². The molecule has 148 valence electrons. The molecule has 0 fully saturated rings. The van der Waals surface area contributed by atoms with Crippen LogP contribution in [0.25, 0.3) is 0 Å². The Labute approximate surface area is 161 Å². The summed E-state index contributed by atoms with van der Waals surface area (Å²) in [7, 11) is 2.92. The first-order valence-corrected chi connectivity index (χ1v) is 8.26. The van der Waals surface area contributed by atoms with Gasteiger partial charge in [0.1, 0.15) is 11.5 Å². The minimum absolute atomic E-state index is 0.132. The lowest BCUT2D eigenvalue weighted by molar-refractivity contribution is -0.384. The molecule has 2 rings (SSSR count). The summed E-state index contributed by atoms with van der Waals surface area (Å²) in [5, 5.41) is 22.8. The van der Waals surface area contributed by atoms with Crippen molar-refractivity contribution in [1.82, 2.24) is 5.32 Å². The second kappa shape index (κ2) is 8.85. The fraction of sp³-hybridized carbons (Fsp3) is 0.263. The number of benzene rings is 2. The second-order valence-corrected chi connectivity index (χ2v) is 5.99. The number of aliphatic carboxylic acids is 1. The summed E-state index contributed by atoms with van der Waals surface area (Å²) >= 11 is 0. The maximum absolute atomic E-state index is 12.7. The van der Waals surface area contributed by atoms with Gasteiger partial charge in [0.2, 0.25) is 0 Å². The zero-order chi connectivity index (χ0) is 20.8. The number of carboxylic acid groups (broad SMARTS) is 1. The number of methoxy groups -OCH3 is 2. The van der Waals surface area contributed by atoms with Gasteiger partial charge in [0, 0.05) is 29.3 Å². The predicted molar refractivity (Wildman–Crippen MR) is 99.8 cm³/mol. The fourth-order valence-corrected chi connectivity index (χ4v) is 2.77. The molecule has 9 heteroatoms. The van der Waals surface area contributed by atoms with E-state index in [-0.39, 0.29) is 17.7 Å². The van der Waals surface area contributed by atoms with Gasteiger partial charge in [-0.25, -0.2) is 0 Å². The van der Waals surface area contributed by atoms with Crippen molar-refractivity contribution < 1.29 is 29.1 Å². The Hall–Kier alpha value is -3.62. The van der Waals surface area contributed by atoms with Gasteiger partial charge in [-0.3, -0.25) is 19.7 Å². The van der Waals surface area contributed by atoms with Crippen molar-refractivity contribution in [2.75, 3.05) is 14.2 Å². The molecule has 0 aliphatic rings. The van der Waals surface area contributed by atoms with E-state index in [0.29, 0.717) is 22.6 Å². The molecule has 0 aliphatic heterocycles. The summed E-state index contributed by atoms with van der Waals surface area (Å²) in [5.74, 6) is -0.765. The van der Waals surface area contributed by atoms with Crippen LogP contribution >= 0.6 is 0 Å². The van der Waals surface area contributed by atoms with Gasteiger partial charge in [-0.15, -0.1) is 0 Å². The molecule has 2 aromatic rings. The monoisotopic (exact) mass is 388 g/mol. The summed E-state index contributed by atoms with van der Waals surface area (Å²) in [6, 6.07) is 7.82. The Morgan fingerprint density at radius 1 is 1.18 bits per heavy atom. The Balaban J connectivity index is 2.36. The van der Waals surface area contributed by atoms with Gasteiger partial charge in [-0.05, 0) is 30.7 Å². The number of non-ortho nitro benzene ring substituents is 1. The number of aryl methyl sites for hydroxylation is 1. The summed E-state index contributed by atoms with van der Waals surface area (Å²) < 4.78 is 10.4. The van der Waals surface area contributed by atoms with Crippen molar-refractivity contribution in [2.45, 2.75) is 19.4 Å². The smallest absolute Gasteiger partial charge is 0.305 e. The molecule has 1 unspecified atom stereocenters. The molecule has 0 saturated heterocycles. The molecule has 0 spiro atoms. The van der Waals surface area contributed by atoms with Gasteiger partial charge in [-0.2, -0.15) is 0 Å². The van der Waals surface area contributed by atoms with E-state index in [9.17, 15) is 24.8 Å². The molecule has 2 aromatic carbocycles. The third-order valence-corrected chi connectivity index (χ3v) is 4.17. The molecular formula is C19H20N2O7. The van der Waals surface area contributed by atoms with Crippen LogP contribution in [0.15, 0.2) is 36.4 Å². The van der Waals surface area contributed by atoms with E-state index in [1.165, 1.54) is 32.4 Å². The quantitative estimate of drug-likeness (QED) is 0.525. The highest BCUT2D eigenvalue weighted by molar-refractivity contribution is 5.96. The number of hydrogen-bond acceptors (Lipinski definition) is 6. The van der Waals surface area contributed by atoms with Gasteiger partial charge in [0.25, 0.3) is 11.6 Å². The van der Waals surface area contributed by atoms with Gasteiger partial charge in [0.15, 0.2) is 0 Å². The van der Waals surface area contributed by atoms with E-state index < -0.39 is 22.8 Å². The van der Waals surface area contributed by atoms with Crippen LogP contribution in [-0.2, 0) is 4.79 Å². The Morgan fingerprint density at radius 2 is 1.89 bits per heavy atom. The molecule has 1 amide bonds. The number of carbonyl (C=O) groups excluding carboxylic acids is 1. The van der Waals surface area contributed by atoms with Crippen LogP contribution in [-0.4, -0.2) is 36.1 Å². The maximum Gasteiger partial charge on any atom is 0.305 e. The molecule has 28 heavy (non-hydrogen) atoms. The van der Waals surface area contributed by atoms with E-state index in [4.69, 9.17) is 9.47 Å². The molecule has 0 saturated carbocycles. The molecule has 0 aliphatic carbocycles.